The van der Waals surface area contributed by atoms with Crippen LogP contribution in [0.15, 0.2) is 23.4 Å². The van der Waals surface area contributed by atoms with Crippen LogP contribution in [0.2, 0.25) is 0 Å². The maximum absolute atomic E-state index is 11.9. The van der Waals surface area contributed by atoms with Crippen molar-refractivity contribution in [3.8, 4) is 0 Å². The van der Waals surface area contributed by atoms with Crippen LogP contribution in [0.25, 0.3) is 10.9 Å². The summed E-state index contributed by atoms with van der Waals surface area (Å²) >= 11 is 0. The number of fused-ring (bicyclic) bond motifs is 3. The van der Waals surface area contributed by atoms with Crippen LogP contribution in [0.5, 0.6) is 0 Å². The van der Waals surface area contributed by atoms with Crippen LogP contribution in [0.3, 0.4) is 0 Å². The van der Waals surface area contributed by atoms with Gasteiger partial charge in [0.05, 0.1) is 11.2 Å². The highest BCUT2D eigenvalue weighted by Crippen LogP contribution is 2.42. The monoisotopic (exact) mass is 308 g/mol. The van der Waals surface area contributed by atoms with Gasteiger partial charge in [-0.3, -0.25) is 4.79 Å². The van der Waals surface area contributed by atoms with Gasteiger partial charge in [-0.05, 0) is 19.1 Å². The van der Waals surface area contributed by atoms with Crippen molar-refractivity contribution in [3.63, 3.8) is 0 Å². The molecule has 0 amide bonds. The molecule has 0 aromatic carbocycles. The molecule has 0 radical (unpaired) electrons. The fraction of sp³-hybridized carbons (Fsp3) is 0.429. The Morgan fingerprint density at radius 2 is 2.19 bits per heavy atom. The molecule has 0 bridgehead atoms. The van der Waals surface area contributed by atoms with E-state index in [2.05, 4.69) is 4.98 Å². The van der Waals surface area contributed by atoms with Crippen molar-refractivity contribution in [2.75, 3.05) is 6.26 Å². The first-order valence-corrected chi connectivity index (χ1v) is 8.55. The van der Waals surface area contributed by atoms with Gasteiger partial charge in [-0.15, -0.1) is 0 Å². The lowest BCUT2D eigenvalue weighted by Gasteiger charge is -2.10. The Bertz CT molecular complexity index is 838. The highest BCUT2D eigenvalue weighted by atomic mass is 32.2. The van der Waals surface area contributed by atoms with Crippen LogP contribution in [0.1, 0.15) is 38.1 Å². The van der Waals surface area contributed by atoms with Gasteiger partial charge in [0.1, 0.15) is 6.10 Å². The standard InChI is InChI=1S/C14H16N2O4S/c1-8-6-13(20-9(2)17)12-7-10-11(16(8)12)4-5-15-14(10)21(3,18)19/h4-5,7-8,13H,6H2,1-3H3. The molecule has 112 valence electrons. The average molecular weight is 308 g/mol. The summed E-state index contributed by atoms with van der Waals surface area (Å²) in [5.41, 5.74) is 1.63. The van der Waals surface area contributed by atoms with E-state index in [-0.39, 0.29) is 23.1 Å². The van der Waals surface area contributed by atoms with Gasteiger partial charge in [-0.2, -0.15) is 0 Å². The molecule has 0 N–H and O–H groups in total. The lowest BCUT2D eigenvalue weighted by atomic mass is 10.1. The zero-order valence-corrected chi connectivity index (χ0v) is 12.8. The maximum Gasteiger partial charge on any atom is 0.303 e. The van der Waals surface area contributed by atoms with Crippen LogP contribution in [-0.2, 0) is 19.4 Å². The van der Waals surface area contributed by atoms with Gasteiger partial charge in [0.25, 0.3) is 0 Å². The normalized spacial score (nSPS) is 21.5. The third-order valence-electron chi connectivity index (χ3n) is 3.75. The molecule has 2 atom stereocenters. The number of pyridine rings is 1. The summed E-state index contributed by atoms with van der Waals surface area (Å²) in [6.45, 7) is 3.40. The van der Waals surface area contributed by atoms with Crippen LogP contribution in [0.4, 0.5) is 0 Å². The molecule has 2 aromatic heterocycles. The number of sulfone groups is 1. The summed E-state index contributed by atoms with van der Waals surface area (Å²) in [5, 5.41) is 0.648. The minimum Gasteiger partial charge on any atom is -0.456 e. The Morgan fingerprint density at radius 1 is 1.48 bits per heavy atom. The molecule has 0 spiro atoms. The predicted molar refractivity (Wildman–Crippen MR) is 76.7 cm³/mol. The quantitative estimate of drug-likeness (QED) is 0.793. The number of carbonyl (C=O) groups is 1. The fourth-order valence-corrected chi connectivity index (χ4v) is 3.84. The van der Waals surface area contributed by atoms with E-state index in [1.807, 2.05) is 11.5 Å². The molecule has 7 heteroatoms. The smallest absolute Gasteiger partial charge is 0.303 e. The van der Waals surface area contributed by atoms with Gasteiger partial charge in [0, 0.05) is 37.2 Å². The number of hydrogen-bond acceptors (Lipinski definition) is 5. The van der Waals surface area contributed by atoms with Gasteiger partial charge in [-0.25, -0.2) is 13.4 Å². The summed E-state index contributed by atoms with van der Waals surface area (Å²) in [6, 6.07) is 3.70. The highest BCUT2D eigenvalue weighted by Gasteiger charge is 2.33. The van der Waals surface area contributed by atoms with Crippen molar-refractivity contribution in [1.82, 2.24) is 9.55 Å². The molecule has 0 aliphatic carbocycles. The Hall–Kier alpha value is -1.89. The van der Waals surface area contributed by atoms with Crippen LogP contribution < -0.4 is 0 Å². The minimum absolute atomic E-state index is 0.0654. The van der Waals surface area contributed by atoms with Crippen molar-refractivity contribution in [2.45, 2.75) is 37.4 Å². The van der Waals surface area contributed by atoms with Crippen molar-refractivity contribution in [2.24, 2.45) is 0 Å². The Kier molecular flexibility index (Phi) is 3.05. The van der Waals surface area contributed by atoms with Gasteiger partial charge in [0.15, 0.2) is 14.9 Å². The third kappa shape index (κ3) is 2.21. The predicted octanol–water partition coefficient (Wildman–Crippen LogP) is 2.01. The lowest BCUT2D eigenvalue weighted by molar-refractivity contribution is -0.146. The molecule has 2 unspecified atom stereocenters. The van der Waals surface area contributed by atoms with Crippen molar-refractivity contribution in [1.29, 1.82) is 0 Å². The van der Waals surface area contributed by atoms with E-state index in [9.17, 15) is 13.2 Å². The largest absolute Gasteiger partial charge is 0.456 e. The van der Waals surface area contributed by atoms with Gasteiger partial charge < -0.3 is 9.30 Å². The van der Waals surface area contributed by atoms with Gasteiger partial charge in [0.2, 0.25) is 0 Å². The van der Waals surface area contributed by atoms with Crippen LogP contribution in [0, 0.1) is 0 Å². The van der Waals surface area contributed by atoms with E-state index >= 15 is 0 Å². The number of aromatic nitrogens is 2. The second kappa shape index (κ2) is 4.56. The zero-order valence-electron chi connectivity index (χ0n) is 12.0. The van der Waals surface area contributed by atoms with Crippen LogP contribution >= 0.6 is 0 Å². The van der Waals surface area contributed by atoms with E-state index in [4.69, 9.17) is 4.74 Å². The summed E-state index contributed by atoms with van der Waals surface area (Å²) in [5.74, 6) is -0.340. The van der Waals surface area contributed by atoms with E-state index in [0.717, 1.165) is 17.5 Å². The second-order valence-electron chi connectivity index (χ2n) is 5.44. The summed E-state index contributed by atoms with van der Waals surface area (Å²) in [4.78, 5) is 15.2. The molecule has 6 nitrogen and oxygen atoms in total. The Labute approximate surface area is 122 Å². The van der Waals surface area contributed by atoms with Crippen LogP contribution in [-0.4, -0.2) is 30.2 Å². The van der Waals surface area contributed by atoms with E-state index in [0.29, 0.717) is 11.8 Å². The topological polar surface area (TPSA) is 78.3 Å². The first kappa shape index (κ1) is 14.1. The lowest BCUT2D eigenvalue weighted by Crippen LogP contribution is -2.05. The number of rotatable bonds is 2. The molecule has 0 fully saturated rings. The molecular weight excluding hydrogens is 292 g/mol. The van der Waals surface area contributed by atoms with Crippen molar-refractivity contribution in [3.05, 3.63) is 24.0 Å². The van der Waals surface area contributed by atoms with E-state index < -0.39 is 9.84 Å². The summed E-state index contributed by atoms with van der Waals surface area (Å²) in [7, 11) is -3.41. The third-order valence-corrected chi connectivity index (χ3v) is 4.77. The van der Waals surface area contributed by atoms with Gasteiger partial charge in [-0.1, -0.05) is 0 Å². The maximum atomic E-state index is 11.9. The summed E-state index contributed by atoms with van der Waals surface area (Å²) in [6.07, 6.45) is 3.00. The molecule has 0 saturated heterocycles. The van der Waals surface area contributed by atoms with E-state index in [1.54, 1.807) is 12.1 Å². The number of carbonyl (C=O) groups excluding carboxylic acids is 1. The molecule has 21 heavy (non-hydrogen) atoms. The number of esters is 1. The van der Waals surface area contributed by atoms with Crippen molar-refractivity contribution >= 4 is 26.7 Å². The SMILES string of the molecule is CC(=O)OC1CC(C)n2c1cc1c(S(C)(=O)=O)nccc12. The fourth-order valence-electron chi connectivity index (χ4n) is 3.03. The minimum atomic E-state index is -3.41. The summed E-state index contributed by atoms with van der Waals surface area (Å²) < 4.78 is 31.1. The molecule has 2 aromatic rings. The van der Waals surface area contributed by atoms with Crippen molar-refractivity contribution < 1.29 is 17.9 Å². The Morgan fingerprint density at radius 3 is 2.81 bits per heavy atom. The number of ether oxygens (including phenoxy) is 1. The highest BCUT2D eigenvalue weighted by molar-refractivity contribution is 7.90. The second-order valence-corrected chi connectivity index (χ2v) is 7.37. The Balaban J connectivity index is 2.25. The first-order chi connectivity index (χ1) is 9.79. The molecular formula is C14H16N2O4S. The molecule has 1 aliphatic rings. The van der Waals surface area contributed by atoms with Gasteiger partial charge >= 0.3 is 5.97 Å². The molecule has 3 rings (SSSR count). The first-order valence-electron chi connectivity index (χ1n) is 6.66. The zero-order chi connectivity index (χ0) is 15.4. The average Bonchev–Trinajstić information content (AvgIpc) is 2.86. The molecule has 1 aliphatic heterocycles. The molecule has 3 heterocycles. The van der Waals surface area contributed by atoms with E-state index in [1.165, 1.54) is 13.1 Å². The number of nitrogens with zero attached hydrogens (tertiary/aromatic N) is 2. The molecule has 0 saturated carbocycles. The number of hydrogen-bond donors (Lipinski definition) is 0.